The summed E-state index contributed by atoms with van der Waals surface area (Å²) in [7, 11) is 2.33. The summed E-state index contributed by atoms with van der Waals surface area (Å²) in [5.41, 5.74) is 0. The molecular formula is C16H33N. The van der Waals surface area contributed by atoms with E-state index in [0.717, 1.165) is 23.8 Å². The fraction of sp³-hybridized carbons (Fsp3) is 1.00. The van der Waals surface area contributed by atoms with Crippen LogP contribution in [0.4, 0.5) is 0 Å². The maximum atomic E-state index is 2.61. The molecule has 1 heteroatoms. The van der Waals surface area contributed by atoms with E-state index in [0.29, 0.717) is 0 Å². The molecule has 0 heterocycles. The first-order valence-corrected chi connectivity index (χ1v) is 7.76. The van der Waals surface area contributed by atoms with Gasteiger partial charge in [0.1, 0.15) is 0 Å². The predicted molar refractivity (Wildman–Crippen MR) is 77.3 cm³/mol. The van der Waals surface area contributed by atoms with Crippen molar-refractivity contribution in [1.82, 2.24) is 4.90 Å². The van der Waals surface area contributed by atoms with Crippen LogP contribution in [0.3, 0.4) is 0 Å². The summed E-state index contributed by atoms with van der Waals surface area (Å²) in [5.74, 6) is 2.76. The van der Waals surface area contributed by atoms with Crippen LogP contribution in [0.2, 0.25) is 0 Å². The summed E-state index contributed by atoms with van der Waals surface area (Å²) in [5, 5.41) is 0. The second kappa shape index (κ2) is 7.41. The minimum absolute atomic E-state index is 0.856. The van der Waals surface area contributed by atoms with Gasteiger partial charge in [0, 0.05) is 6.04 Å². The molecule has 1 atom stereocenters. The van der Waals surface area contributed by atoms with Crippen molar-refractivity contribution in [2.45, 2.75) is 72.3 Å². The molecule has 0 amide bonds. The average Bonchev–Trinajstić information content (AvgIpc) is 2.35. The Kier molecular flexibility index (Phi) is 6.54. The number of hydrogen-bond donors (Lipinski definition) is 0. The molecule has 0 N–H and O–H groups in total. The van der Waals surface area contributed by atoms with E-state index in [1.54, 1.807) is 0 Å². The summed E-state index contributed by atoms with van der Waals surface area (Å²) in [4.78, 5) is 2.61. The quantitative estimate of drug-likeness (QED) is 0.656. The number of hydrogen-bond acceptors (Lipinski definition) is 1. The fourth-order valence-corrected chi connectivity index (χ4v) is 3.20. The van der Waals surface area contributed by atoms with Gasteiger partial charge < -0.3 is 4.90 Å². The van der Waals surface area contributed by atoms with Crippen molar-refractivity contribution in [2.24, 2.45) is 17.8 Å². The molecule has 1 nitrogen and oxygen atoms in total. The van der Waals surface area contributed by atoms with E-state index in [1.165, 1.54) is 45.1 Å². The van der Waals surface area contributed by atoms with Crippen LogP contribution in [-0.4, -0.2) is 24.5 Å². The minimum Gasteiger partial charge on any atom is -0.303 e. The van der Waals surface area contributed by atoms with Gasteiger partial charge >= 0.3 is 0 Å². The van der Waals surface area contributed by atoms with Crippen molar-refractivity contribution < 1.29 is 0 Å². The minimum atomic E-state index is 0.856. The average molecular weight is 239 g/mol. The molecule has 102 valence electrons. The van der Waals surface area contributed by atoms with Gasteiger partial charge in [0.05, 0.1) is 0 Å². The molecule has 0 radical (unpaired) electrons. The molecule has 0 aromatic carbocycles. The van der Waals surface area contributed by atoms with Crippen LogP contribution in [0.5, 0.6) is 0 Å². The number of unbranched alkanes of at least 4 members (excludes halogenated alkanes) is 1. The Hall–Kier alpha value is -0.0400. The smallest absolute Gasteiger partial charge is 0.00924 e. The molecule has 1 rings (SSSR count). The van der Waals surface area contributed by atoms with E-state index < -0.39 is 0 Å². The van der Waals surface area contributed by atoms with Crippen molar-refractivity contribution >= 4 is 0 Å². The SMILES string of the molecule is CCCCN(C)C1CCC(C(C)C(C)C)CC1. The Morgan fingerprint density at radius 1 is 1.06 bits per heavy atom. The highest BCUT2D eigenvalue weighted by molar-refractivity contribution is 4.81. The zero-order valence-corrected chi connectivity index (χ0v) is 12.7. The zero-order chi connectivity index (χ0) is 12.8. The van der Waals surface area contributed by atoms with Crippen LogP contribution in [0, 0.1) is 17.8 Å². The Labute approximate surface area is 109 Å². The fourth-order valence-electron chi connectivity index (χ4n) is 3.20. The van der Waals surface area contributed by atoms with E-state index in [2.05, 4.69) is 39.6 Å². The number of rotatable bonds is 6. The van der Waals surface area contributed by atoms with Crippen molar-refractivity contribution in [1.29, 1.82) is 0 Å². The summed E-state index contributed by atoms with van der Waals surface area (Å²) < 4.78 is 0. The molecular weight excluding hydrogens is 206 g/mol. The Morgan fingerprint density at radius 3 is 2.12 bits per heavy atom. The highest BCUT2D eigenvalue weighted by Gasteiger charge is 2.27. The molecule has 17 heavy (non-hydrogen) atoms. The Bertz CT molecular complexity index is 192. The monoisotopic (exact) mass is 239 g/mol. The third-order valence-corrected chi connectivity index (χ3v) is 5.02. The highest BCUT2D eigenvalue weighted by Crippen LogP contribution is 2.35. The second-order valence-electron chi connectivity index (χ2n) is 6.51. The topological polar surface area (TPSA) is 3.24 Å². The van der Waals surface area contributed by atoms with Gasteiger partial charge in [-0.1, -0.05) is 34.1 Å². The lowest BCUT2D eigenvalue weighted by Crippen LogP contribution is -2.37. The van der Waals surface area contributed by atoms with Crippen molar-refractivity contribution in [3.63, 3.8) is 0 Å². The molecule has 0 saturated heterocycles. The van der Waals surface area contributed by atoms with Crippen LogP contribution >= 0.6 is 0 Å². The largest absolute Gasteiger partial charge is 0.303 e. The standard InChI is InChI=1S/C16H33N/c1-6-7-12-17(5)16-10-8-15(9-11-16)14(4)13(2)3/h13-16H,6-12H2,1-5H3. The van der Waals surface area contributed by atoms with Crippen molar-refractivity contribution in [2.75, 3.05) is 13.6 Å². The lowest BCUT2D eigenvalue weighted by molar-refractivity contribution is 0.128. The molecule has 0 aliphatic heterocycles. The molecule has 1 unspecified atom stereocenters. The predicted octanol–water partition coefficient (Wildman–Crippen LogP) is 4.57. The van der Waals surface area contributed by atoms with Crippen LogP contribution < -0.4 is 0 Å². The molecule has 1 aliphatic rings. The number of nitrogens with zero attached hydrogens (tertiary/aromatic N) is 1. The maximum absolute atomic E-state index is 2.61. The van der Waals surface area contributed by atoms with Gasteiger partial charge in [0.2, 0.25) is 0 Å². The van der Waals surface area contributed by atoms with Crippen LogP contribution in [0.25, 0.3) is 0 Å². The van der Waals surface area contributed by atoms with Gasteiger partial charge in [0.25, 0.3) is 0 Å². The molecule has 0 spiro atoms. The highest BCUT2D eigenvalue weighted by atomic mass is 15.1. The van der Waals surface area contributed by atoms with Crippen LogP contribution in [-0.2, 0) is 0 Å². The molecule has 1 fully saturated rings. The summed E-state index contributed by atoms with van der Waals surface area (Å²) in [6, 6.07) is 0.872. The van der Waals surface area contributed by atoms with Gasteiger partial charge in [-0.15, -0.1) is 0 Å². The third kappa shape index (κ3) is 4.62. The Balaban J connectivity index is 2.30. The van der Waals surface area contributed by atoms with E-state index in [-0.39, 0.29) is 0 Å². The van der Waals surface area contributed by atoms with E-state index in [1.807, 2.05) is 0 Å². The molecule has 0 bridgehead atoms. The van der Waals surface area contributed by atoms with Crippen molar-refractivity contribution in [3.8, 4) is 0 Å². The van der Waals surface area contributed by atoms with Crippen molar-refractivity contribution in [3.05, 3.63) is 0 Å². The van der Waals surface area contributed by atoms with E-state index in [9.17, 15) is 0 Å². The second-order valence-corrected chi connectivity index (χ2v) is 6.51. The molecule has 0 aromatic rings. The zero-order valence-electron chi connectivity index (χ0n) is 12.7. The molecule has 0 aromatic heterocycles. The Morgan fingerprint density at radius 2 is 1.65 bits per heavy atom. The normalized spacial score (nSPS) is 27.7. The first-order valence-electron chi connectivity index (χ1n) is 7.76. The lowest BCUT2D eigenvalue weighted by Gasteiger charge is -2.38. The van der Waals surface area contributed by atoms with E-state index in [4.69, 9.17) is 0 Å². The van der Waals surface area contributed by atoms with Gasteiger partial charge in [-0.2, -0.15) is 0 Å². The van der Waals surface area contributed by atoms with Gasteiger partial charge in [-0.25, -0.2) is 0 Å². The molecule has 1 aliphatic carbocycles. The van der Waals surface area contributed by atoms with E-state index >= 15 is 0 Å². The summed E-state index contributed by atoms with van der Waals surface area (Å²) in [6.45, 7) is 10.8. The maximum Gasteiger partial charge on any atom is 0.00924 e. The molecule has 1 saturated carbocycles. The van der Waals surface area contributed by atoms with Gasteiger partial charge in [0.15, 0.2) is 0 Å². The third-order valence-electron chi connectivity index (χ3n) is 5.02. The van der Waals surface area contributed by atoms with Gasteiger partial charge in [-0.3, -0.25) is 0 Å². The summed E-state index contributed by atoms with van der Waals surface area (Å²) in [6.07, 6.45) is 8.47. The first kappa shape index (κ1) is 15.0. The van der Waals surface area contributed by atoms with Crippen LogP contribution in [0.1, 0.15) is 66.2 Å². The van der Waals surface area contributed by atoms with Crippen LogP contribution in [0.15, 0.2) is 0 Å². The first-order chi connectivity index (χ1) is 8.06. The lowest BCUT2D eigenvalue weighted by atomic mass is 9.74. The van der Waals surface area contributed by atoms with Gasteiger partial charge in [-0.05, 0) is 63.5 Å². The summed E-state index contributed by atoms with van der Waals surface area (Å²) >= 11 is 0.